The van der Waals surface area contributed by atoms with Crippen LogP contribution in [-0.2, 0) is 27.3 Å². The Bertz CT molecular complexity index is 1460. The number of rotatable bonds is 10. The van der Waals surface area contributed by atoms with Crippen LogP contribution in [0.2, 0.25) is 0 Å². The molecule has 0 saturated carbocycles. The molecule has 3 aromatic rings. The van der Waals surface area contributed by atoms with E-state index in [1.807, 2.05) is 48.5 Å². The van der Waals surface area contributed by atoms with E-state index in [9.17, 15) is 24.6 Å². The van der Waals surface area contributed by atoms with Crippen LogP contribution in [0.15, 0.2) is 67.1 Å². The average molecular weight is 605 g/mol. The standard InChI is InChI=1S/C32H40N6O6/c1-31(2,3)27(36-30(42)44-5)28(40)37-38(18-20-10-12-21(13-11-20)24-17-33-14-15-34-24)19-32(4,43)29(41)35-26-23-9-7-6-8-22(23)16-25(26)39/h6-15,17,25-27,39,43H,16,18-19H2,1-5H3,(H,35,41)(H,36,42)(H,37,40)/t25-,26+,27-,32+/m1/s1. The summed E-state index contributed by atoms with van der Waals surface area (Å²) in [5.74, 6) is -1.27. The normalized spacial score (nSPS) is 18.1. The van der Waals surface area contributed by atoms with Crippen LogP contribution >= 0.6 is 0 Å². The van der Waals surface area contributed by atoms with Crippen molar-refractivity contribution in [1.29, 1.82) is 0 Å². The highest BCUT2D eigenvalue weighted by atomic mass is 16.5. The Kier molecular flexibility index (Phi) is 9.98. The maximum Gasteiger partial charge on any atom is 0.407 e. The molecule has 0 saturated heterocycles. The predicted molar refractivity (Wildman–Crippen MR) is 162 cm³/mol. The quantitative estimate of drug-likeness (QED) is 0.218. The molecule has 3 amide bonds. The number of amides is 3. The fraction of sp³-hybridized carbons (Fsp3) is 0.406. The summed E-state index contributed by atoms with van der Waals surface area (Å²) < 4.78 is 4.72. The summed E-state index contributed by atoms with van der Waals surface area (Å²) in [6.07, 6.45) is 3.62. The molecule has 0 aliphatic heterocycles. The lowest BCUT2D eigenvalue weighted by atomic mass is 9.86. The van der Waals surface area contributed by atoms with Crippen molar-refractivity contribution >= 4 is 17.9 Å². The van der Waals surface area contributed by atoms with Gasteiger partial charge in [-0.25, -0.2) is 9.80 Å². The van der Waals surface area contributed by atoms with Gasteiger partial charge in [0.15, 0.2) is 5.60 Å². The number of carbonyl (C=O) groups is 3. The van der Waals surface area contributed by atoms with Crippen LogP contribution in [0.1, 0.15) is 50.4 Å². The van der Waals surface area contributed by atoms with Crippen LogP contribution in [0.25, 0.3) is 11.3 Å². The van der Waals surface area contributed by atoms with E-state index in [4.69, 9.17) is 4.74 Å². The summed E-state index contributed by atoms with van der Waals surface area (Å²) >= 11 is 0. The lowest BCUT2D eigenvalue weighted by molar-refractivity contribution is -0.145. The van der Waals surface area contributed by atoms with Gasteiger partial charge in [-0.05, 0) is 29.0 Å². The molecule has 0 fully saturated rings. The van der Waals surface area contributed by atoms with Crippen molar-refractivity contribution in [2.24, 2.45) is 5.41 Å². The van der Waals surface area contributed by atoms with Gasteiger partial charge in [0.25, 0.3) is 11.8 Å². The highest BCUT2D eigenvalue weighted by Gasteiger charge is 2.40. The molecule has 4 rings (SSSR count). The van der Waals surface area contributed by atoms with Gasteiger partial charge in [0.1, 0.15) is 6.04 Å². The van der Waals surface area contributed by atoms with Crippen molar-refractivity contribution in [2.45, 2.75) is 64.4 Å². The summed E-state index contributed by atoms with van der Waals surface area (Å²) in [6, 6.07) is 13.2. The van der Waals surface area contributed by atoms with Crippen molar-refractivity contribution < 1.29 is 29.3 Å². The second kappa shape index (κ2) is 13.5. The Hall–Kier alpha value is -4.39. The largest absolute Gasteiger partial charge is 0.453 e. The maximum absolute atomic E-state index is 13.5. The monoisotopic (exact) mass is 604 g/mol. The molecular formula is C32H40N6O6. The van der Waals surface area contributed by atoms with Crippen LogP contribution in [0.3, 0.4) is 0 Å². The maximum atomic E-state index is 13.5. The average Bonchev–Trinajstić information content (AvgIpc) is 3.30. The van der Waals surface area contributed by atoms with Crippen molar-refractivity contribution in [3.8, 4) is 11.3 Å². The van der Waals surface area contributed by atoms with Gasteiger partial charge < -0.3 is 25.6 Å². The molecule has 12 heteroatoms. The molecule has 1 heterocycles. The number of benzene rings is 2. The van der Waals surface area contributed by atoms with E-state index < -0.39 is 47.1 Å². The van der Waals surface area contributed by atoms with Gasteiger partial charge in [-0.15, -0.1) is 0 Å². The first kappa shape index (κ1) is 32.5. The molecule has 5 N–H and O–H groups in total. The van der Waals surface area contributed by atoms with E-state index in [-0.39, 0.29) is 13.1 Å². The Balaban J connectivity index is 1.56. The fourth-order valence-electron chi connectivity index (χ4n) is 5.14. The number of nitrogens with zero attached hydrogens (tertiary/aromatic N) is 3. The van der Waals surface area contributed by atoms with Gasteiger partial charge in [0.2, 0.25) is 0 Å². The minimum atomic E-state index is -1.99. The molecule has 44 heavy (non-hydrogen) atoms. The van der Waals surface area contributed by atoms with Crippen LogP contribution in [0, 0.1) is 5.41 Å². The molecule has 234 valence electrons. The number of hydrazine groups is 1. The van der Waals surface area contributed by atoms with Crippen LogP contribution in [0.5, 0.6) is 0 Å². The second-order valence-electron chi connectivity index (χ2n) is 12.2. The van der Waals surface area contributed by atoms with Crippen molar-refractivity contribution in [3.63, 3.8) is 0 Å². The zero-order valence-corrected chi connectivity index (χ0v) is 25.6. The molecule has 1 aliphatic rings. The number of alkyl carbamates (subject to hydrolysis) is 1. The third kappa shape index (κ3) is 7.95. The Labute approximate surface area is 256 Å². The molecule has 0 unspecified atom stereocenters. The Morgan fingerprint density at radius 2 is 1.77 bits per heavy atom. The lowest BCUT2D eigenvalue weighted by Gasteiger charge is -2.35. The first-order valence-electron chi connectivity index (χ1n) is 14.3. The van der Waals surface area contributed by atoms with Crippen molar-refractivity contribution in [3.05, 3.63) is 83.8 Å². The molecule has 0 bridgehead atoms. The number of hydrogen-bond acceptors (Lipinski definition) is 9. The number of nitrogens with one attached hydrogen (secondary N) is 3. The van der Waals surface area contributed by atoms with Crippen LogP contribution < -0.4 is 16.1 Å². The van der Waals surface area contributed by atoms with E-state index in [1.165, 1.54) is 19.0 Å². The topological polar surface area (TPSA) is 166 Å². The van der Waals surface area contributed by atoms with Gasteiger partial charge in [-0.3, -0.25) is 25.0 Å². The number of aliphatic hydroxyl groups excluding tert-OH is 1. The summed E-state index contributed by atoms with van der Waals surface area (Å²) in [5.41, 5.74) is 4.12. The molecule has 2 aromatic carbocycles. The highest BCUT2D eigenvalue weighted by Crippen LogP contribution is 2.32. The summed E-state index contributed by atoms with van der Waals surface area (Å²) in [5, 5.41) is 28.8. The third-order valence-corrected chi connectivity index (χ3v) is 7.51. The fourth-order valence-corrected chi connectivity index (χ4v) is 5.14. The summed E-state index contributed by atoms with van der Waals surface area (Å²) in [6.45, 7) is 6.51. The number of fused-ring (bicyclic) bond motifs is 1. The molecule has 1 aliphatic carbocycles. The van der Waals surface area contributed by atoms with Gasteiger partial charge >= 0.3 is 6.09 Å². The zero-order chi connectivity index (χ0) is 32.1. The minimum absolute atomic E-state index is 0.111. The molecule has 1 aromatic heterocycles. The van der Waals surface area contributed by atoms with Crippen LogP contribution in [-0.4, -0.2) is 74.5 Å². The SMILES string of the molecule is COC(=O)N[C@H](C(=O)NN(Cc1ccc(-c2cnccn2)cc1)C[C@](C)(O)C(=O)N[C@H]1c2ccccc2C[C@H]1O)C(C)(C)C. The first-order chi connectivity index (χ1) is 20.8. The first-order valence-corrected chi connectivity index (χ1v) is 14.3. The van der Waals surface area contributed by atoms with Gasteiger partial charge in [-0.2, -0.15) is 0 Å². The van der Waals surface area contributed by atoms with E-state index in [0.717, 1.165) is 22.3 Å². The van der Waals surface area contributed by atoms with Gasteiger partial charge in [0.05, 0.1) is 37.7 Å². The lowest BCUT2D eigenvalue weighted by Crippen LogP contribution is -2.60. The van der Waals surface area contributed by atoms with Gasteiger partial charge in [0, 0.05) is 30.9 Å². The van der Waals surface area contributed by atoms with Crippen LogP contribution in [0.4, 0.5) is 4.79 Å². The van der Waals surface area contributed by atoms with E-state index in [1.54, 1.807) is 39.4 Å². The zero-order valence-electron chi connectivity index (χ0n) is 25.6. The predicted octanol–water partition coefficient (Wildman–Crippen LogP) is 2.27. The van der Waals surface area contributed by atoms with Gasteiger partial charge in [-0.1, -0.05) is 69.3 Å². The number of methoxy groups -OCH3 is 1. The van der Waals surface area contributed by atoms with Crippen molar-refractivity contribution in [2.75, 3.05) is 13.7 Å². The number of hydrogen-bond donors (Lipinski definition) is 5. The number of aromatic nitrogens is 2. The molecule has 4 atom stereocenters. The molecular weight excluding hydrogens is 564 g/mol. The van der Waals surface area contributed by atoms with E-state index in [0.29, 0.717) is 12.1 Å². The van der Waals surface area contributed by atoms with E-state index in [2.05, 4.69) is 26.0 Å². The Morgan fingerprint density at radius 1 is 1.07 bits per heavy atom. The summed E-state index contributed by atoms with van der Waals surface area (Å²) in [4.78, 5) is 47.4. The van der Waals surface area contributed by atoms with E-state index >= 15 is 0 Å². The third-order valence-electron chi connectivity index (χ3n) is 7.51. The second-order valence-corrected chi connectivity index (χ2v) is 12.2. The molecule has 0 spiro atoms. The van der Waals surface area contributed by atoms with Crippen molar-refractivity contribution in [1.82, 2.24) is 31.0 Å². The molecule has 0 radical (unpaired) electrons. The highest BCUT2D eigenvalue weighted by molar-refractivity contribution is 5.87. The molecule has 12 nitrogen and oxygen atoms in total. The minimum Gasteiger partial charge on any atom is -0.453 e. The number of ether oxygens (including phenoxy) is 1. The number of aliphatic hydroxyl groups is 2. The smallest absolute Gasteiger partial charge is 0.407 e. The number of carbonyl (C=O) groups excluding carboxylic acids is 3. The Morgan fingerprint density at radius 3 is 2.41 bits per heavy atom. The summed E-state index contributed by atoms with van der Waals surface area (Å²) in [7, 11) is 1.21.